The summed E-state index contributed by atoms with van der Waals surface area (Å²) in [7, 11) is 0. The van der Waals surface area contributed by atoms with Crippen LogP contribution in [0.2, 0.25) is 0 Å². The van der Waals surface area contributed by atoms with Gasteiger partial charge in [-0.1, -0.05) is 12.1 Å². The first kappa shape index (κ1) is 24.2. The Morgan fingerprint density at radius 2 is 2.00 bits per heavy atom. The van der Waals surface area contributed by atoms with Crippen LogP contribution in [0.4, 0.5) is 17.5 Å². The molecule has 0 bridgehead atoms. The molecule has 1 saturated heterocycles. The van der Waals surface area contributed by atoms with Crippen molar-refractivity contribution in [1.82, 2.24) is 19.9 Å². The molecule has 2 N–H and O–H groups in total. The molecular weight excluding hydrogens is 510 g/mol. The summed E-state index contributed by atoms with van der Waals surface area (Å²) in [6.45, 7) is 3.64. The van der Waals surface area contributed by atoms with E-state index >= 15 is 0 Å². The van der Waals surface area contributed by atoms with Gasteiger partial charge in [-0.2, -0.15) is 9.97 Å². The fraction of sp³-hybridized carbons (Fsp3) is 0.240. The zero-order valence-corrected chi connectivity index (χ0v) is 20.5. The number of carbonyl (C=O) groups is 2. The summed E-state index contributed by atoms with van der Waals surface area (Å²) in [5, 5.41) is 22.6. The predicted molar refractivity (Wildman–Crippen MR) is 135 cm³/mol. The number of furan rings is 1. The molecule has 2 aliphatic heterocycles. The number of non-ortho nitro benzene ring substituents is 1. The van der Waals surface area contributed by atoms with Gasteiger partial charge in [0.25, 0.3) is 11.6 Å². The number of H-pyrrole nitrogens is 1. The fourth-order valence-electron chi connectivity index (χ4n) is 4.78. The Balaban J connectivity index is 1.53. The van der Waals surface area contributed by atoms with Crippen molar-refractivity contribution in [2.45, 2.75) is 13.0 Å². The van der Waals surface area contributed by atoms with Crippen LogP contribution < -0.4 is 9.80 Å². The van der Waals surface area contributed by atoms with E-state index < -0.39 is 28.4 Å². The van der Waals surface area contributed by atoms with Gasteiger partial charge in [0.1, 0.15) is 11.3 Å². The first-order valence-corrected chi connectivity index (χ1v) is 12.0. The molecule has 14 nitrogen and oxygen atoms in total. The number of hydrogen-bond acceptors (Lipinski definition) is 11. The highest BCUT2D eigenvalue weighted by Gasteiger charge is 2.47. The molecule has 39 heavy (non-hydrogen) atoms. The Bertz CT molecular complexity index is 1670. The summed E-state index contributed by atoms with van der Waals surface area (Å²) >= 11 is 0. The lowest BCUT2D eigenvalue weighted by Gasteiger charge is -2.30. The molecule has 1 amide bonds. The van der Waals surface area contributed by atoms with Gasteiger partial charge < -0.3 is 24.1 Å². The molecule has 5 heterocycles. The zero-order valence-electron chi connectivity index (χ0n) is 20.5. The number of nitro groups is 1. The van der Waals surface area contributed by atoms with Gasteiger partial charge in [-0.05, 0) is 24.6 Å². The number of amides is 1. The van der Waals surface area contributed by atoms with Crippen molar-refractivity contribution in [3.8, 4) is 0 Å². The summed E-state index contributed by atoms with van der Waals surface area (Å²) < 4.78 is 10.9. The van der Waals surface area contributed by atoms with Gasteiger partial charge in [-0.15, -0.1) is 0 Å². The number of aromatic amines is 1. The van der Waals surface area contributed by atoms with Crippen molar-refractivity contribution in [2.75, 3.05) is 36.1 Å². The number of Topliss-reactive ketones (excluding diaryl/α,β-unsaturated/α-hetero) is 1. The van der Waals surface area contributed by atoms with Crippen LogP contribution in [-0.2, 0) is 9.53 Å². The lowest BCUT2D eigenvalue weighted by atomic mass is 9.95. The maximum absolute atomic E-state index is 13.6. The first-order chi connectivity index (χ1) is 18.8. The maximum Gasteiger partial charge on any atom is 0.296 e. The highest BCUT2D eigenvalue weighted by atomic mass is 16.6. The second kappa shape index (κ2) is 9.33. The lowest BCUT2D eigenvalue weighted by molar-refractivity contribution is -0.384. The molecule has 0 spiro atoms. The second-order valence-corrected chi connectivity index (χ2v) is 8.98. The number of aromatic nitrogens is 4. The SMILES string of the molecule is Cc1ccc(C(=O)C2=C(O)C(=O)N(c3nc(N4CCOCC4)c4[nH]cnc4n3)C2c2cccc([N+](=O)[O-])c2)o1. The first-order valence-electron chi connectivity index (χ1n) is 12.0. The minimum Gasteiger partial charge on any atom is -0.503 e. The molecule has 14 heteroatoms. The number of hydrogen-bond donors (Lipinski definition) is 2. The molecule has 1 aromatic carbocycles. The number of morpholine rings is 1. The average molecular weight is 531 g/mol. The zero-order chi connectivity index (χ0) is 27.3. The summed E-state index contributed by atoms with van der Waals surface area (Å²) in [5.74, 6) is -1.84. The average Bonchev–Trinajstić information content (AvgIpc) is 3.66. The van der Waals surface area contributed by atoms with Gasteiger partial charge in [0.2, 0.25) is 11.7 Å². The topological polar surface area (TPSA) is 181 Å². The van der Waals surface area contributed by atoms with E-state index in [1.165, 1.54) is 36.7 Å². The number of fused-ring (bicyclic) bond motifs is 1. The highest BCUT2D eigenvalue weighted by Crippen LogP contribution is 2.42. The predicted octanol–water partition coefficient (Wildman–Crippen LogP) is 2.78. The van der Waals surface area contributed by atoms with Crippen LogP contribution in [0, 0.1) is 17.0 Å². The van der Waals surface area contributed by atoms with E-state index in [4.69, 9.17) is 9.15 Å². The Hall–Kier alpha value is -5.11. The van der Waals surface area contributed by atoms with E-state index in [1.54, 1.807) is 13.0 Å². The van der Waals surface area contributed by atoms with E-state index in [0.29, 0.717) is 43.4 Å². The molecule has 0 aliphatic carbocycles. The number of ether oxygens (including phenoxy) is 1. The van der Waals surface area contributed by atoms with E-state index in [9.17, 15) is 24.8 Å². The Kier molecular flexibility index (Phi) is 5.80. The van der Waals surface area contributed by atoms with Crippen molar-refractivity contribution in [1.29, 1.82) is 0 Å². The molecule has 1 atom stereocenters. The van der Waals surface area contributed by atoms with Crippen molar-refractivity contribution < 1.29 is 28.8 Å². The number of ketones is 1. The monoisotopic (exact) mass is 531 g/mol. The molecule has 0 radical (unpaired) electrons. The number of carbonyl (C=O) groups excluding carboxylic acids is 2. The van der Waals surface area contributed by atoms with Crippen LogP contribution in [0.25, 0.3) is 11.2 Å². The summed E-state index contributed by atoms with van der Waals surface area (Å²) in [4.78, 5) is 57.5. The number of nitro benzene ring substituents is 1. The Morgan fingerprint density at radius 3 is 2.72 bits per heavy atom. The number of aliphatic hydroxyl groups is 1. The van der Waals surface area contributed by atoms with E-state index in [1.807, 2.05) is 4.90 Å². The smallest absolute Gasteiger partial charge is 0.296 e. The summed E-state index contributed by atoms with van der Waals surface area (Å²) in [5.41, 5.74) is 0.428. The Morgan fingerprint density at radius 1 is 1.21 bits per heavy atom. The van der Waals surface area contributed by atoms with Crippen LogP contribution in [0.15, 0.2) is 58.5 Å². The van der Waals surface area contributed by atoms with Gasteiger partial charge in [0.15, 0.2) is 23.0 Å². The maximum atomic E-state index is 13.6. The van der Waals surface area contributed by atoms with Gasteiger partial charge >= 0.3 is 0 Å². The summed E-state index contributed by atoms with van der Waals surface area (Å²) in [6.07, 6.45) is 1.45. The van der Waals surface area contributed by atoms with Crippen LogP contribution >= 0.6 is 0 Å². The molecule has 4 aromatic rings. The van der Waals surface area contributed by atoms with E-state index in [2.05, 4.69) is 19.9 Å². The summed E-state index contributed by atoms with van der Waals surface area (Å²) in [6, 6.07) is 7.19. The molecule has 1 fully saturated rings. The van der Waals surface area contributed by atoms with Crippen molar-refractivity contribution in [3.63, 3.8) is 0 Å². The number of anilines is 2. The number of aliphatic hydroxyl groups excluding tert-OH is 1. The highest BCUT2D eigenvalue weighted by molar-refractivity contribution is 6.20. The minimum absolute atomic E-state index is 0.100. The standard InChI is InChI=1S/C25H21N7O7/c1-13-5-6-16(39-13)20(33)17-19(14-3-2-4-15(11-14)32(36)37)31(24(35)21(17)34)25-28-22-18(26-12-27-22)23(29-25)30-7-9-38-10-8-30/h2-6,11-12,19,34H,7-10H2,1H3,(H,26,27,28,29). The molecule has 1 unspecified atom stereocenters. The minimum atomic E-state index is -1.29. The number of imidazole rings is 1. The molecule has 198 valence electrons. The van der Waals surface area contributed by atoms with E-state index in [-0.39, 0.29) is 34.2 Å². The van der Waals surface area contributed by atoms with Crippen LogP contribution in [0.1, 0.15) is 27.9 Å². The van der Waals surface area contributed by atoms with E-state index in [0.717, 1.165) is 4.90 Å². The van der Waals surface area contributed by atoms with Crippen LogP contribution in [-0.4, -0.2) is 68.0 Å². The normalized spacial score (nSPS) is 17.9. The molecular formula is C25H21N7O7. The third-order valence-corrected chi connectivity index (χ3v) is 6.59. The van der Waals surface area contributed by atoms with Crippen molar-refractivity contribution in [3.05, 3.63) is 81.3 Å². The molecule has 0 saturated carbocycles. The number of benzene rings is 1. The van der Waals surface area contributed by atoms with Crippen molar-refractivity contribution >= 4 is 40.3 Å². The molecule has 3 aromatic heterocycles. The van der Waals surface area contributed by atoms with Crippen LogP contribution in [0.3, 0.4) is 0 Å². The number of nitrogens with one attached hydrogen (secondary N) is 1. The lowest BCUT2D eigenvalue weighted by Crippen LogP contribution is -2.38. The quantitative estimate of drug-likeness (QED) is 0.212. The van der Waals surface area contributed by atoms with Crippen LogP contribution in [0.5, 0.6) is 0 Å². The number of nitrogens with zero attached hydrogens (tertiary/aromatic N) is 6. The van der Waals surface area contributed by atoms with Gasteiger partial charge in [0, 0.05) is 25.2 Å². The largest absolute Gasteiger partial charge is 0.503 e. The molecule has 2 aliphatic rings. The molecule has 6 rings (SSSR count). The van der Waals surface area contributed by atoms with Crippen molar-refractivity contribution in [2.24, 2.45) is 0 Å². The third kappa shape index (κ3) is 4.06. The van der Waals surface area contributed by atoms with Gasteiger partial charge in [0.05, 0.1) is 36.1 Å². The fourth-order valence-corrected chi connectivity index (χ4v) is 4.78. The third-order valence-electron chi connectivity index (χ3n) is 6.59. The Labute approximate surface area is 219 Å². The van der Waals surface area contributed by atoms with Gasteiger partial charge in [-0.3, -0.25) is 24.6 Å². The van der Waals surface area contributed by atoms with Gasteiger partial charge in [-0.25, -0.2) is 4.98 Å². The number of rotatable bonds is 6. The second-order valence-electron chi connectivity index (χ2n) is 8.98. The number of aryl methyl sites for hydroxylation is 1.